The van der Waals surface area contributed by atoms with E-state index >= 15 is 0 Å². The lowest BCUT2D eigenvalue weighted by molar-refractivity contribution is 0.101. The van der Waals surface area contributed by atoms with Crippen molar-refractivity contribution in [1.82, 2.24) is 9.78 Å². The van der Waals surface area contributed by atoms with Crippen molar-refractivity contribution in [3.8, 4) is 11.1 Å². The topological polar surface area (TPSA) is 46.9 Å². The molecule has 3 rings (SSSR count). The number of hydrogen-bond donors (Lipinski definition) is 1. The highest BCUT2D eigenvalue weighted by molar-refractivity contribution is 14.1. The highest BCUT2D eigenvalue weighted by Gasteiger charge is 2.24. The third-order valence-corrected chi connectivity index (χ3v) is 5.26. The second-order valence-electron chi connectivity index (χ2n) is 5.66. The number of nitrogens with one attached hydrogen (secondary N) is 1. The molecule has 0 bridgehead atoms. The predicted molar refractivity (Wildman–Crippen MR) is 111 cm³/mol. The summed E-state index contributed by atoms with van der Waals surface area (Å²) in [6.07, 6.45) is -1.67. The van der Waals surface area contributed by atoms with Gasteiger partial charge in [-0.25, -0.2) is 13.2 Å². The molecule has 0 unspecified atom stereocenters. The van der Waals surface area contributed by atoms with Crippen molar-refractivity contribution in [1.29, 1.82) is 0 Å². The first-order valence-corrected chi connectivity index (χ1v) is 10.1. The van der Waals surface area contributed by atoms with Crippen LogP contribution in [0.5, 0.6) is 0 Å². The number of hydrogen-bond acceptors (Lipinski definition) is 2. The molecule has 2 aromatic carbocycles. The minimum absolute atomic E-state index is 0.229. The highest BCUT2D eigenvalue weighted by Crippen LogP contribution is 2.34. The molecule has 4 nitrogen and oxygen atoms in total. The number of rotatable bonds is 5. The van der Waals surface area contributed by atoms with Gasteiger partial charge in [0.05, 0.1) is 20.2 Å². The van der Waals surface area contributed by atoms with Gasteiger partial charge in [-0.1, -0.05) is 51.9 Å². The third kappa shape index (κ3) is 4.44. The zero-order chi connectivity index (χ0) is 20.4. The zero-order valence-electron chi connectivity index (χ0n) is 13.9. The molecule has 0 aliphatic rings. The first-order chi connectivity index (χ1) is 13.3. The predicted octanol–water partition coefficient (Wildman–Crippen LogP) is 6.58. The number of nitrogens with zero attached hydrogens (tertiary/aromatic N) is 2. The summed E-state index contributed by atoms with van der Waals surface area (Å²) < 4.78 is 41.8. The van der Waals surface area contributed by atoms with Gasteiger partial charge in [0, 0.05) is 17.4 Å². The fraction of sp³-hybridized carbons (Fsp3) is 0.111. The first kappa shape index (κ1) is 20.9. The van der Waals surface area contributed by atoms with Crippen molar-refractivity contribution in [2.45, 2.75) is 11.0 Å². The molecule has 0 atom stereocenters. The fourth-order valence-corrected chi connectivity index (χ4v) is 3.20. The van der Waals surface area contributed by atoms with E-state index in [-0.39, 0.29) is 16.3 Å². The van der Waals surface area contributed by atoms with Crippen LogP contribution in [0.2, 0.25) is 10.0 Å². The Balaban J connectivity index is 2.00. The van der Waals surface area contributed by atoms with Gasteiger partial charge >= 0.3 is 0 Å². The van der Waals surface area contributed by atoms with E-state index in [1.165, 1.54) is 35.1 Å². The minimum Gasteiger partial charge on any atom is -0.321 e. The van der Waals surface area contributed by atoms with Crippen LogP contribution in [-0.2, 0) is 4.55 Å². The number of halogens is 6. The maximum atomic E-state index is 13.8. The largest absolute Gasteiger partial charge is 0.321 e. The molecule has 1 aromatic heterocycles. The van der Waals surface area contributed by atoms with Crippen molar-refractivity contribution in [2.75, 3.05) is 5.32 Å². The standard InChI is InChI=1S/C18H11Cl2F3IN3O/c19-13-3-1-9(5-14(13)20)11-6-10(21)2-4-15(11)25-18(28)12-7-27(8-24)26-16(12)17(22)23/h1-7,17H,8H2,(H,25,28). The van der Waals surface area contributed by atoms with Gasteiger partial charge in [0.1, 0.15) is 11.5 Å². The lowest BCUT2D eigenvalue weighted by atomic mass is 10.0. The van der Waals surface area contributed by atoms with Gasteiger partial charge in [-0.05, 0) is 35.9 Å². The van der Waals surface area contributed by atoms with E-state index in [1.807, 2.05) is 22.6 Å². The second-order valence-corrected chi connectivity index (χ2v) is 7.16. The Morgan fingerprint density at radius 2 is 1.93 bits per heavy atom. The lowest BCUT2D eigenvalue weighted by Gasteiger charge is -2.12. The summed E-state index contributed by atoms with van der Waals surface area (Å²) >= 11 is 13.9. The summed E-state index contributed by atoms with van der Waals surface area (Å²) in [5, 5.41) is 6.83. The van der Waals surface area contributed by atoms with Crippen LogP contribution in [-0.4, -0.2) is 15.7 Å². The number of alkyl halides is 3. The van der Waals surface area contributed by atoms with E-state index in [0.717, 1.165) is 6.07 Å². The number of benzene rings is 2. The molecule has 0 fully saturated rings. The van der Waals surface area contributed by atoms with Crippen molar-refractivity contribution in [2.24, 2.45) is 0 Å². The van der Waals surface area contributed by atoms with Gasteiger partial charge in [0.15, 0.2) is 0 Å². The van der Waals surface area contributed by atoms with Crippen molar-refractivity contribution in [3.05, 3.63) is 69.7 Å². The monoisotopic (exact) mass is 539 g/mol. The van der Waals surface area contributed by atoms with E-state index < -0.39 is 23.8 Å². The molecular weight excluding hydrogens is 529 g/mol. The van der Waals surface area contributed by atoms with Crippen molar-refractivity contribution in [3.63, 3.8) is 0 Å². The number of amides is 1. The molecule has 1 heterocycles. The highest BCUT2D eigenvalue weighted by atomic mass is 127. The summed E-state index contributed by atoms with van der Waals surface area (Å²) in [6, 6.07) is 8.37. The summed E-state index contributed by atoms with van der Waals surface area (Å²) in [6.45, 7) is 0. The molecule has 1 N–H and O–H groups in total. The molecule has 0 spiro atoms. The van der Waals surface area contributed by atoms with Crippen LogP contribution in [0.3, 0.4) is 0 Å². The average Bonchev–Trinajstić information content (AvgIpc) is 3.10. The van der Waals surface area contributed by atoms with E-state index in [9.17, 15) is 18.0 Å². The van der Waals surface area contributed by atoms with Crippen molar-refractivity contribution >= 4 is 57.4 Å². The number of anilines is 1. The molecule has 10 heteroatoms. The van der Waals surface area contributed by atoms with Gasteiger partial charge < -0.3 is 5.32 Å². The van der Waals surface area contributed by atoms with Crippen LogP contribution in [0.15, 0.2) is 42.6 Å². The van der Waals surface area contributed by atoms with E-state index in [0.29, 0.717) is 20.7 Å². The van der Waals surface area contributed by atoms with Crippen molar-refractivity contribution < 1.29 is 18.0 Å². The SMILES string of the molecule is O=C(Nc1ccc(F)cc1-c1ccc(Cl)c(Cl)c1)c1cn(CI)nc1C(F)F. The fourth-order valence-electron chi connectivity index (χ4n) is 2.55. The molecule has 1 amide bonds. The van der Waals surface area contributed by atoms with Crippen LogP contribution >= 0.6 is 45.8 Å². The van der Waals surface area contributed by atoms with E-state index in [1.54, 1.807) is 6.07 Å². The molecule has 0 radical (unpaired) electrons. The molecule has 0 aliphatic heterocycles. The minimum atomic E-state index is -2.91. The van der Waals surface area contributed by atoms with Gasteiger partial charge in [-0.15, -0.1) is 0 Å². The van der Waals surface area contributed by atoms with E-state index in [2.05, 4.69) is 10.4 Å². The maximum absolute atomic E-state index is 13.8. The van der Waals surface area contributed by atoms with Crippen LogP contribution in [0.4, 0.5) is 18.9 Å². The Morgan fingerprint density at radius 1 is 1.18 bits per heavy atom. The van der Waals surface area contributed by atoms with Crippen LogP contribution in [0, 0.1) is 5.82 Å². The Bertz CT molecular complexity index is 1040. The molecule has 0 aliphatic carbocycles. The summed E-state index contributed by atoms with van der Waals surface area (Å²) in [5.74, 6) is -1.32. The maximum Gasteiger partial charge on any atom is 0.282 e. The van der Waals surface area contributed by atoms with Gasteiger partial charge in [0.25, 0.3) is 12.3 Å². The zero-order valence-corrected chi connectivity index (χ0v) is 17.6. The summed E-state index contributed by atoms with van der Waals surface area (Å²) in [5.41, 5.74) is 0.184. The summed E-state index contributed by atoms with van der Waals surface area (Å²) in [7, 11) is 0. The normalized spacial score (nSPS) is 11.1. The summed E-state index contributed by atoms with van der Waals surface area (Å²) in [4.78, 5) is 12.6. The van der Waals surface area contributed by atoms with Gasteiger partial charge in [-0.3, -0.25) is 9.48 Å². The van der Waals surface area contributed by atoms with Gasteiger partial charge in [-0.2, -0.15) is 5.10 Å². The molecule has 146 valence electrons. The first-order valence-electron chi connectivity index (χ1n) is 7.78. The molecule has 3 aromatic rings. The lowest BCUT2D eigenvalue weighted by Crippen LogP contribution is -2.14. The molecule has 28 heavy (non-hydrogen) atoms. The molecular formula is C18H11Cl2F3IN3O. The average molecular weight is 540 g/mol. The molecule has 0 saturated carbocycles. The number of carbonyl (C=O) groups excluding carboxylic acids is 1. The molecule has 0 saturated heterocycles. The van der Waals surface area contributed by atoms with Crippen LogP contribution in [0.25, 0.3) is 11.1 Å². The number of aromatic nitrogens is 2. The smallest absolute Gasteiger partial charge is 0.282 e. The van der Waals surface area contributed by atoms with Gasteiger partial charge in [0.2, 0.25) is 0 Å². The Morgan fingerprint density at radius 3 is 2.57 bits per heavy atom. The van der Waals surface area contributed by atoms with E-state index in [4.69, 9.17) is 23.2 Å². The number of carbonyl (C=O) groups is 1. The second kappa shape index (κ2) is 8.71. The quantitative estimate of drug-likeness (QED) is 0.294. The third-order valence-electron chi connectivity index (χ3n) is 3.82. The Labute approximate surface area is 181 Å². The van der Waals surface area contributed by atoms with Crippen LogP contribution < -0.4 is 5.32 Å². The Hall–Kier alpha value is -1.78. The Kier molecular flexibility index (Phi) is 6.51. The van der Waals surface area contributed by atoms with Crippen LogP contribution in [0.1, 0.15) is 22.5 Å².